The summed E-state index contributed by atoms with van der Waals surface area (Å²) >= 11 is 0. The molecular formula is C16H19FN4. The fourth-order valence-corrected chi connectivity index (χ4v) is 2.65. The molecule has 1 aromatic heterocycles. The molecule has 0 amide bonds. The van der Waals surface area contributed by atoms with Crippen LogP contribution in [0.4, 0.5) is 10.1 Å². The Morgan fingerprint density at radius 1 is 0.952 bits per heavy atom. The van der Waals surface area contributed by atoms with Crippen LogP contribution in [-0.2, 0) is 6.54 Å². The van der Waals surface area contributed by atoms with Gasteiger partial charge in [0.05, 0.1) is 6.54 Å². The first-order chi connectivity index (χ1) is 10.3. The predicted molar refractivity (Wildman–Crippen MR) is 80.5 cm³/mol. The third kappa shape index (κ3) is 3.76. The second kappa shape index (κ2) is 6.63. The van der Waals surface area contributed by atoms with Crippen LogP contribution < -0.4 is 4.90 Å². The number of halogens is 1. The van der Waals surface area contributed by atoms with Gasteiger partial charge in [-0.3, -0.25) is 4.90 Å². The summed E-state index contributed by atoms with van der Waals surface area (Å²) in [6, 6.07) is 8.59. The topological polar surface area (TPSA) is 32.3 Å². The van der Waals surface area contributed by atoms with Gasteiger partial charge in [0.2, 0.25) is 0 Å². The zero-order valence-electron chi connectivity index (χ0n) is 12.0. The lowest BCUT2D eigenvalue weighted by Gasteiger charge is -2.23. The van der Waals surface area contributed by atoms with Crippen molar-refractivity contribution in [2.45, 2.75) is 13.0 Å². The Labute approximate surface area is 124 Å². The second-order valence-electron chi connectivity index (χ2n) is 5.26. The van der Waals surface area contributed by atoms with Crippen molar-refractivity contribution in [1.82, 2.24) is 14.9 Å². The number of nitrogens with zero attached hydrogens (tertiary/aromatic N) is 4. The SMILES string of the molecule is Fc1ccc(N2CCCN(Cc3ncccn3)CC2)cc1. The highest BCUT2D eigenvalue weighted by Crippen LogP contribution is 2.17. The van der Waals surface area contributed by atoms with Gasteiger partial charge in [0.15, 0.2) is 0 Å². The van der Waals surface area contributed by atoms with Crippen molar-refractivity contribution in [2.24, 2.45) is 0 Å². The van der Waals surface area contributed by atoms with Crippen LogP contribution in [0.5, 0.6) is 0 Å². The van der Waals surface area contributed by atoms with Crippen LogP contribution in [0.3, 0.4) is 0 Å². The highest BCUT2D eigenvalue weighted by molar-refractivity contribution is 5.46. The maximum absolute atomic E-state index is 13.0. The predicted octanol–water partition coefficient (Wildman–Crippen LogP) is 2.33. The lowest BCUT2D eigenvalue weighted by Crippen LogP contribution is -2.30. The largest absolute Gasteiger partial charge is 0.370 e. The molecule has 5 heteroatoms. The highest BCUT2D eigenvalue weighted by Gasteiger charge is 2.16. The van der Waals surface area contributed by atoms with Gasteiger partial charge in [0.1, 0.15) is 11.6 Å². The molecule has 0 aliphatic carbocycles. The molecule has 0 N–H and O–H groups in total. The van der Waals surface area contributed by atoms with E-state index in [1.54, 1.807) is 12.4 Å². The molecule has 1 aliphatic heterocycles. The summed E-state index contributed by atoms with van der Waals surface area (Å²) in [6.45, 7) is 4.74. The summed E-state index contributed by atoms with van der Waals surface area (Å²) in [4.78, 5) is 13.2. The van der Waals surface area contributed by atoms with E-state index in [0.717, 1.165) is 50.7 Å². The van der Waals surface area contributed by atoms with E-state index < -0.39 is 0 Å². The van der Waals surface area contributed by atoms with Gasteiger partial charge in [0, 0.05) is 44.3 Å². The fraction of sp³-hybridized carbons (Fsp3) is 0.375. The highest BCUT2D eigenvalue weighted by atomic mass is 19.1. The van der Waals surface area contributed by atoms with Gasteiger partial charge in [-0.05, 0) is 36.8 Å². The number of hydrogen-bond donors (Lipinski definition) is 0. The van der Waals surface area contributed by atoms with Gasteiger partial charge < -0.3 is 4.90 Å². The summed E-state index contributed by atoms with van der Waals surface area (Å²) in [5.74, 6) is 0.684. The molecule has 1 saturated heterocycles. The molecule has 0 unspecified atom stereocenters. The molecule has 1 aromatic carbocycles. The van der Waals surface area contributed by atoms with E-state index in [2.05, 4.69) is 19.8 Å². The Kier molecular flexibility index (Phi) is 4.40. The smallest absolute Gasteiger partial charge is 0.142 e. The third-order valence-electron chi connectivity index (χ3n) is 3.76. The van der Waals surface area contributed by atoms with Crippen LogP contribution >= 0.6 is 0 Å². The molecule has 3 rings (SSSR count). The first-order valence-electron chi connectivity index (χ1n) is 7.30. The van der Waals surface area contributed by atoms with Gasteiger partial charge in [-0.2, -0.15) is 0 Å². The molecule has 110 valence electrons. The monoisotopic (exact) mass is 286 g/mol. The van der Waals surface area contributed by atoms with E-state index in [1.165, 1.54) is 12.1 Å². The first-order valence-corrected chi connectivity index (χ1v) is 7.30. The van der Waals surface area contributed by atoms with Gasteiger partial charge in [-0.1, -0.05) is 0 Å². The van der Waals surface area contributed by atoms with Gasteiger partial charge in [-0.15, -0.1) is 0 Å². The van der Waals surface area contributed by atoms with E-state index in [0.29, 0.717) is 0 Å². The molecule has 1 aliphatic rings. The number of rotatable bonds is 3. The Hall–Kier alpha value is -2.01. The van der Waals surface area contributed by atoms with Crippen LogP contribution in [0.1, 0.15) is 12.2 Å². The fourth-order valence-electron chi connectivity index (χ4n) is 2.65. The van der Waals surface area contributed by atoms with Crippen LogP contribution in [0, 0.1) is 5.82 Å². The van der Waals surface area contributed by atoms with Gasteiger partial charge >= 0.3 is 0 Å². The molecule has 0 saturated carbocycles. The van der Waals surface area contributed by atoms with Crippen LogP contribution in [0.15, 0.2) is 42.7 Å². The Morgan fingerprint density at radius 3 is 2.48 bits per heavy atom. The molecule has 4 nitrogen and oxygen atoms in total. The van der Waals surface area contributed by atoms with Crippen LogP contribution in [0.25, 0.3) is 0 Å². The molecule has 2 aromatic rings. The second-order valence-corrected chi connectivity index (χ2v) is 5.26. The zero-order valence-corrected chi connectivity index (χ0v) is 12.0. The van der Waals surface area contributed by atoms with E-state index in [-0.39, 0.29) is 5.82 Å². The molecule has 21 heavy (non-hydrogen) atoms. The maximum Gasteiger partial charge on any atom is 0.142 e. The number of anilines is 1. The molecule has 0 atom stereocenters. The minimum atomic E-state index is -0.184. The van der Waals surface area contributed by atoms with Crippen molar-refractivity contribution in [3.63, 3.8) is 0 Å². The molecular weight excluding hydrogens is 267 g/mol. The van der Waals surface area contributed by atoms with Crippen molar-refractivity contribution in [3.05, 3.63) is 54.4 Å². The summed E-state index contributed by atoms with van der Waals surface area (Å²) in [7, 11) is 0. The first kappa shape index (κ1) is 13.9. The van der Waals surface area contributed by atoms with Gasteiger partial charge in [-0.25, -0.2) is 14.4 Å². The van der Waals surface area contributed by atoms with Crippen molar-refractivity contribution in [3.8, 4) is 0 Å². The molecule has 0 bridgehead atoms. The van der Waals surface area contributed by atoms with Gasteiger partial charge in [0.25, 0.3) is 0 Å². The summed E-state index contributed by atoms with van der Waals surface area (Å²) in [5.41, 5.74) is 1.09. The Bertz CT molecular complexity index is 558. The number of aromatic nitrogens is 2. The number of hydrogen-bond acceptors (Lipinski definition) is 4. The number of benzene rings is 1. The quantitative estimate of drug-likeness (QED) is 0.867. The summed E-state index contributed by atoms with van der Waals surface area (Å²) in [5, 5.41) is 0. The third-order valence-corrected chi connectivity index (χ3v) is 3.76. The minimum absolute atomic E-state index is 0.184. The molecule has 0 radical (unpaired) electrons. The van der Waals surface area contributed by atoms with Crippen LogP contribution in [0.2, 0.25) is 0 Å². The summed E-state index contributed by atoms with van der Waals surface area (Å²) in [6.07, 6.45) is 4.65. The van der Waals surface area contributed by atoms with E-state index in [1.807, 2.05) is 18.2 Å². The average Bonchev–Trinajstić information content (AvgIpc) is 2.75. The van der Waals surface area contributed by atoms with Crippen molar-refractivity contribution in [2.75, 3.05) is 31.1 Å². The summed E-state index contributed by atoms with van der Waals surface area (Å²) < 4.78 is 13.0. The van der Waals surface area contributed by atoms with Crippen molar-refractivity contribution >= 4 is 5.69 Å². The average molecular weight is 286 g/mol. The zero-order chi connectivity index (χ0) is 14.5. The lowest BCUT2D eigenvalue weighted by molar-refractivity contribution is 0.278. The minimum Gasteiger partial charge on any atom is -0.370 e. The van der Waals surface area contributed by atoms with Crippen molar-refractivity contribution in [1.29, 1.82) is 0 Å². The van der Waals surface area contributed by atoms with E-state index in [9.17, 15) is 4.39 Å². The molecule has 2 heterocycles. The normalized spacial score (nSPS) is 16.7. The van der Waals surface area contributed by atoms with E-state index >= 15 is 0 Å². The Balaban J connectivity index is 1.60. The molecule has 1 fully saturated rings. The lowest BCUT2D eigenvalue weighted by atomic mass is 10.2. The molecule has 0 spiro atoms. The standard InChI is InChI=1S/C16H19FN4/c17-14-3-5-15(6-4-14)21-10-2-9-20(11-12-21)13-16-18-7-1-8-19-16/h1,3-8H,2,9-13H2. The van der Waals surface area contributed by atoms with E-state index in [4.69, 9.17) is 0 Å². The van der Waals surface area contributed by atoms with Crippen LogP contribution in [-0.4, -0.2) is 41.0 Å². The maximum atomic E-state index is 13.0. The van der Waals surface area contributed by atoms with Crippen molar-refractivity contribution < 1.29 is 4.39 Å². The Morgan fingerprint density at radius 2 is 1.71 bits per heavy atom.